The molecule has 1 aromatic carbocycles. The second-order valence-corrected chi connectivity index (χ2v) is 13.1. The minimum absolute atomic E-state index is 0.0547. The van der Waals surface area contributed by atoms with E-state index in [1.165, 1.54) is 0 Å². The number of ether oxygens (including phenoxy) is 2. The maximum absolute atomic E-state index is 12.0. The smallest absolute Gasteiger partial charge is 0.313 e. The molecule has 1 aliphatic carbocycles. The highest BCUT2D eigenvalue weighted by Crippen LogP contribution is 2.60. The summed E-state index contributed by atoms with van der Waals surface area (Å²) in [6, 6.07) is 4.14. The first-order valence-corrected chi connectivity index (χ1v) is 11.6. The molecule has 3 atom stereocenters. The Labute approximate surface area is 145 Å². The van der Waals surface area contributed by atoms with Crippen molar-refractivity contribution in [3.63, 3.8) is 0 Å². The van der Waals surface area contributed by atoms with E-state index in [0.29, 0.717) is 6.61 Å². The molecule has 1 aliphatic heterocycles. The Kier molecular flexibility index (Phi) is 3.98. The van der Waals surface area contributed by atoms with Crippen LogP contribution in [0.4, 0.5) is 0 Å². The molecule has 24 heavy (non-hydrogen) atoms. The molecule has 0 N–H and O–H groups in total. The van der Waals surface area contributed by atoms with E-state index in [4.69, 9.17) is 13.9 Å². The average molecular weight is 349 g/mol. The quantitative estimate of drug-likeness (QED) is 0.597. The Hall–Kier alpha value is -1.49. The largest absolute Gasteiger partial charge is 0.543 e. The van der Waals surface area contributed by atoms with Crippen molar-refractivity contribution in [2.75, 3.05) is 6.61 Å². The lowest BCUT2D eigenvalue weighted by molar-refractivity contribution is -0.145. The number of aryl methyl sites for hydroxylation is 1. The number of carbonyl (C=O) groups is 1. The summed E-state index contributed by atoms with van der Waals surface area (Å²) in [7, 11) is -1.89. The molecular formula is C19H28O4Si. The Bertz CT molecular complexity index is 675. The van der Waals surface area contributed by atoms with Crippen LogP contribution in [0.15, 0.2) is 12.1 Å². The zero-order valence-corrected chi connectivity index (χ0v) is 16.7. The second-order valence-electron chi connectivity index (χ2n) is 8.41. The molecule has 1 saturated carbocycles. The zero-order chi connectivity index (χ0) is 17.9. The van der Waals surface area contributed by atoms with Crippen LogP contribution < -0.4 is 9.16 Å². The molecule has 1 heterocycles. The third kappa shape index (κ3) is 2.73. The maximum Gasteiger partial charge on any atom is 0.313 e. The van der Waals surface area contributed by atoms with Crippen LogP contribution in [0, 0.1) is 12.8 Å². The molecule has 0 spiro atoms. The number of fused-ring (bicyclic) bond motifs is 3. The highest BCUT2D eigenvalue weighted by Gasteiger charge is 2.64. The molecule has 0 aromatic heterocycles. The predicted octanol–water partition coefficient (Wildman–Crippen LogP) is 4.42. The van der Waals surface area contributed by atoms with Crippen molar-refractivity contribution in [3.05, 3.63) is 23.3 Å². The maximum atomic E-state index is 12.0. The molecule has 0 bridgehead atoms. The van der Waals surface area contributed by atoms with E-state index < -0.39 is 8.32 Å². The summed E-state index contributed by atoms with van der Waals surface area (Å²) in [6.07, 6.45) is -0.0547. The van der Waals surface area contributed by atoms with Gasteiger partial charge in [0.1, 0.15) is 23.5 Å². The Morgan fingerprint density at radius 1 is 1.29 bits per heavy atom. The van der Waals surface area contributed by atoms with Gasteiger partial charge in [-0.3, -0.25) is 4.79 Å². The van der Waals surface area contributed by atoms with Crippen LogP contribution in [-0.4, -0.2) is 27.0 Å². The van der Waals surface area contributed by atoms with Crippen molar-refractivity contribution in [1.29, 1.82) is 0 Å². The van der Waals surface area contributed by atoms with Gasteiger partial charge >= 0.3 is 5.97 Å². The van der Waals surface area contributed by atoms with E-state index in [1.807, 2.05) is 13.8 Å². The van der Waals surface area contributed by atoms with Crippen LogP contribution in [0.1, 0.15) is 44.7 Å². The van der Waals surface area contributed by atoms with Gasteiger partial charge in [-0.25, -0.2) is 0 Å². The van der Waals surface area contributed by atoms with Crippen molar-refractivity contribution >= 4 is 14.3 Å². The van der Waals surface area contributed by atoms with Crippen molar-refractivity contribution in [2.45, 2.75) is 64.8 Å². The first-order valence-electron chi connectivity index (χ1n) is 8.73. The Morgan fingerprint density at radius 3 is 2.54 bits per heavy atom. The van der Waals surface area contributed by atoms with Crippen LogP contribution in [0.2, 0.25) is 18.1 Å². The van der Waals surface area contributed by atoms with Crippen LogP contribution in [-0.2, 0) is 9.53 Å². The van der Waals surface area contributed by atoms with Gasteiger partial charge in [0.05, 0.1) is 6.61 Å². The van der Waals surface area contributed by atoms with Crippen LogP contribution in [0.5, 0.6) is 11.5 Å². The monoisotopic (exact) mass is 348 g/mol. The normalized spacial score (nSPS) is 24.7. The molecule has 3 unspecified atom stereocenters. The van der Waals surface area contributed by atoms with Crippen LogP contribution >= 0.6 is 0 Å². The fourth-order valence-electron chi connectivity index (χ4n) is 3.14. The summed E-state index contributed by atoms with van der Waals surface area (Å²) >= 11 is 0. The summed E-state index contributed by atoms with van der Waals surface area (Å²) in [5, 5.41) is 0.145. The minimum atomic E-state index is -1.89. The van der Waals surface area contributed by atoms with E-state index in [0.717, 1.165) is 22.6 Å². The summed E-state index contributed by atoms with van der Waals surface area (Å²) < 4.78 is 17.6. The average Bonchev–Trinajstić information content (AvgIpc) is 3.03. The second kappa shape index (κ2) is 5.51. The van der Waals surface area contributed by atoms with Gasteiger partial charge in [-0.2, -0.15) is 0 Å². The van der Waals surface area contributed by atoms with Crippen LogP contribution in [0.25, 0.3) is 0 Å². The number of hydrogen-bond donors (Lipinski definition) is 0. The first-order chi connectivity index (χ1) is 11.1. The fraction of sp³-hybridized carbons (Fsp3) is 0.632. The molecule has 0 amide bonds. The van der Waals surface area contributed by atoms with E-state index in [-0.39, 0.29) is 28.9 Å². The number of benzene rings is 1. The van der Waals surface area contributed by atoms with Crippen molar-refractivity contribution in [3.8, 4) is 11.5 Å². The molecule has 1 aromatic rings. The Balaban J connectivity index is 1.85. The topological polar surface area (TPSA) is 44.8 Å². The number of carbonyl (C=O) groups excluding carboxylic acids is 1. The molecule has 0 saturated heterocycles. The number of rotatable bonds is 4. The third-order valence-electron chi connectivity index (χ3n) is 5.58. The minimum Gasteiger partial charge on any atom is -0.543 e. The zero-order valence-electron chi connectivity index (χ0n) is 15.7. The van der Waals surface area contributed by atoms with Gasteiger partial charge in [-0.05, 0) is 49.7 Å². The fourth-order valence-corrected chi connectivity index (χ4v) is 4.15. The highest BCUT2D eigenvalue weighted by atomic mass is 28.4. The molecule has 5 heteroatoms. The van der Waals surface area contributed by atoms with E-state index >= 15 is 0 Å². The lowest BCUT2D eigenvalue weighted by atomic mass is 10.0. The number of hydrogen-bond acceptors (Lipinski definition) is 4. The lowest BCUT2D eigenvalue weighted by Crippen LogP contribution is -2.43. The highest BCUT2D eigenvalue weighted by molar-refractivity contribution is 6.74. The lowest BCUT2D eigenvalue weighted by Gasteiger charge is -2.36. The summed E-state index contributed by atoms with van der Waals surface area (Å²) in [5.41, 5.74) is 2.18. The van der Waals surface area contributed by atoms with Gasteiger partial charge in [0.25, 0.3) is 0 Å². The SMILES string of the molecule is CCOC(=O)C1C2Oc3c(C)cc(O[Si](C)(C)C(C)(C)C)cc3C21. The van der Waals surface area contributed by atoms with Gasteiger partial charge in [0.2, 0.25) is 8.32 Å². The third-order valence-corrected chi connectivity index (χ3v) is 9.94. The van der Waals surface area contributed by atoms with Gasteiger partial charge in [-0.15, -0.1) is 0 Å². The van der Waals surface area contributed by atoms with Crippen molar-refractivity contribution in [1.82, 2.24) is 0 Å². The summed E-state index contributed by atoms with van der Waals surface area (Å²) in [5.74, 6) is 1.65. The van der Waals surface area contributed by atoms with Crippen molar-refractivity contribution < 1.29 is 18.7 Å². The predicted molar refractivity (Wildman–Crippen MR) is 96.3 cm³/mol. The molecule has 1 fully saturated rings. The molecule has 132 valence electrons. The molecule has 4 nitrogen and oxygen atoms in total. The molecule has 2 aliphatic rings. The Morgan fingerprint density at radius 2 is 1.96 bits per heavy atom. The van der Waals surface area contributed by atoms with E-state index in [1.54, 1.807) is 0 Å². The van der Waals surface area contributed by atoms with E-state index in [9.17, 15) is 4.79 Å². The standard InChI is InChI=1S/C19H28O4Si/c1-8-21-18(20)15-14-13-10-12(23-24(6,7)19(3,4)5)9-11(2)16(13)22-17(14)15/h9-10,14-15,17H,8H2,1-7H3. The first kappa shape index (κ1) is 17.3. The van der Waals surface area contributed by atoms with Crippen molar-refractivity contribution in [2.24, 2.45) is 5.92 Å². The number of esters is 1. The van der Waals surface area contributed by atoms with Gasteiger partial charge in [0.15, 0.2) is 0 Å². The van der Waals surface area contributed by atoms with E-state index in [2.05, 4.69) is 46.0 Å². The summed E-state index contributed by atoms with van der Waals surface area (Å²) in [6.45, 7) is 15.5. The molecule has 3 rings (SSSR count). The van der Waals surface area contributed by atoms with Gasteiger partial charge < -0.3 is 13.9 Å². The van der Waals surface area contributed by atoms with Crippen LogP contribution in [0.3, 0.4) is 0 Å². The van der Waals surface area contributed by atoms with Gasteiger partial charge in [-0.1, -0.05) is 20.8 Å². The molecular weight excluding hydrogens is 320 g/mol. The van der Waals surface area contributed by atoms with Gasteiger partial charge in [0, 0.05) is 11.5 Å². The molecule has 0 radical (unpaired) electrons. The summed E-state index contributed by atoms with van der Waals surface area (Å²) in [4.78, 5) is 12.0.